The van der Waals surface area contributed by atoms with E-state index in [9.17, 15) is 9.90 Å². The number of carbonyl (C=O) groups excluding carboxylic acids is 1. The summed E-state index contributed by atoms with van der Waals surface area (Å²) >= 11 is 0. The van der Waals surface area contributed by atoms with Gasteiger partial charge in [-0.05, 0) is 61.9 Å². The predicted molar refractivity (Wildman–Crippen MR) is 80.2 cm³/mol. The Bertz CT molecular complexity index is 544. The van der Waals surface area contributed by atoms with Crippen LogP contribution in [0, 0.1) is 39.9 Å². The van der Waals surface area contributed by atoms with E-state index in [4.69, 9.17) is 5.26 Å². The predicted octanol–water partition coefficient (Wildman–Crippen LogP) is 3.24. The quantitative estimate of drug-likeness (QED) is 0.848. The lowest BCUT2D eigenvalue weighted by Gasteiger charge is -2.53. The van der Waals surface area contributed by atoms with Crippen LogP contribution in [0.4, 0.5) is 0 Å². The van der Waals surface area contributed by atoms with Crippen molar-refractivity contribution in [3.8, 4) is 6.07 Å². The van der Waals surface area contributed by atoms with Crippen molar-refractivity contribution in [2.45, 2.75) is 58.5 Å². The molecule has 0 aliphatic heterocycles. The standard InChI is InChI=1S/C18H25NO2/c1-12-9-13-10-18(11-17(13,3)21)7-5-14(20)16(2,15(12)18)6-4-8-19/h5,7,12-13,15,21H,4,6,9-11H2,1-3H3/t12?,13?,15?,16-,17?,18?/m1/s1. The second-order valence-electron chi connectivity index (χ2n) is 8.13. The van der Waals surface area contributed by atoms with Gasteiger partial charge < -0.3 is 5.11 Å². The van der Waals surface area contributed by atoms with E-state index in [0.717, 1.165) is 19.3 Å². The molecule has 0 aromatic heterocycles. The fourth-order valence-electron chi connectivity index (χ4n) is 5.96. The first kappa shape index (κ1) is 14.8. The van der Waals surface area contributed by atoms with Crippen LogP contribution in [-0.4, -0.2) is 16.5 Å². The number of nitrogens with zero attached hydrogens (tertiary/aromatic N) is 1. The van der Waals surface area contributed by atoms with E-state index in [1.54, 1.807) is 6.08 Å². The van der Waals surface area contributed by atoms with Gasteiger partial charge in [0.05, 0.1) is 11.7 Å². The summed E-state index contributed by atoms with van der Waals surface area (Å²) in [4.78, 5) is 12.6. The van der Waals surface area contributed by atoms with Crippen molar-refractivity contribution >= 4 is 5.78 Å². The average Bonchev–Trinajstić information content (AvgIpc) is 2.59. The first-order chi connectivity index (χ1) is 9.75. The lowest BCUT2D eigenvalue weighted by Crippen LogP contribution is -2.51. The molecule has 5 unspecified atom stereocenters. The molecule has 0 aromatic rings. The molecule has 2 saturated carbocycles. The molecule has 3 heteroatoms. The monoisotopic (exact) mass is 287 g/mol. The molecule has 3 aliphatic rings. The Kier molecular flexibility index (Phi) is 3.12. The third kappa shape index (κ3) is 1.92. The second-order valence-corrected chi connectivity index (χ2v) is 8.13. The van der Waals surface area contributed by atoms with Crippen molar-refractivity contribution < 1.29 is 9.90 Å². The van der Waals surface area contributed by atoms with Crippen LogP contribution in [0.2, 0.25) is 0 Å². The maximum atomic E-state index is 12.6. The summed E-state index contributed by atoms with van der Waals surface area (Å²) in [6.07, 6.45) is 7.63. The van der Waals surface area contributed by atoms with Gasteiger partial charge >= 0.3 is 0 Å². The van der Waals surface area contributed by atoms with Crippen LogP contribution in [0.25, 0.3) is 0 Å². The zero-order valence-corrected chi connectivity index (χ0v) is 13.2. The number of carbonyl (C=O) groups is 1. The van der Waals surface area contributed by atoms with Crippen LogP contribution >= 0.6 is 0 Å². The number of allylic oxidation sites excluding steroid dienone is 2. The van der Waals surface area contributed by atoms with Gasteiger partial charge in [-0.15, -0.1) is 0 Å². The fourth-order valence-corrected chi connectivity index (χ4v) is 5.96. The van der Waals surface area contributed by atoms with Crippen LogP contribution < -0.4 is 0 Å². The maximum absolute atomic E-state index is 12.6. The molecule has 114 valence electrons. The van der Waals surface area contributed by atoms with E-state index in [1.807, 2.05) is 13.8 Å². The minimum Gasteiger partial charge on any atom is -0.390 e. The number of aliphatic hydroxyl groups is 1. The molecule has 0 amide bonds. The number of hydrogen-bond donors (Lipinski definition) is 1. The third-order valence-corrected chi connectivity index (χ3v) is 6.61. The van der Waals surface area contributed by atoms with Crippen molar-refractivity contribution in [3.05, 3.63) is 12.2 Å². The molecule has 3 rings (SSSR count). The zero-order chi connectivity index (χ0) is 15.5. The van der Waals surface area contributed by atoms with Crippen LogP contribution in [0.15, 0.2) is 12.2 Å². The highest BCUT2D eigenvalue weighted by molar-refractivity contribution is 5.96. The van der Waals surface area contributed by atoms with E-state index in [0.29, 0.717) is 24.7 Å². The summed E-state index contributed by atoms with van der Waals surface area (Å²) in [5.74, 6) is 1.17. The summed E-state index contributed by atoms with van der Waals surface area (Å²) in [6.45, 7) is 6.23. The van der Waals surface area contributed by atoms with Crippen molar-refractivity contribution in [2.24, 2.45) is 28.6 Å². The fraction of sp³-hybridized carbons (Fsp3) is 0.778. The Morgan fingerprint density at radius 1 is 1.48 bits per heavy atom. The van der Waals surface area contributed by atoms with Gasteiger partial charge in [-0.3, -0.25) is 4.79 Å². The lowest BCUT2D eigenvalue weighted by molar-refractivity contribution is -0.135. The highest BCUT2D eigenvalue weighted by atomic mass is 16.3. The minimum absolute atomic E-state index is 0.0516. The van der Waals surface area contributed by atoms with Crippen LogP contribution in [-0.2, 0) is 4.79 Å². The lowest BCUT2D eigenvalue weighted by atomic mass is 9.49. The molecule has 1 N–H and O–H groups in total. The first-order valence-corrected chi connectivity index (χ1v) is 8.08. The summed E-state index contributed by atoms with van der Waals surface area (Å²) in [6, 6.07) is 2.20. The Balaban J connectivity index is 2.07. The number of ketones is 1. The Labute approximate surface area is 127 Å². The normalized spacial score (nSPS) is 51.6. The molecular weight excluding hydrogens is 262 g/mol. The summed E-state index contributed by atoms with van der Waals surface area (Å²) in [5.41, 5.74) is -1.12. The second kappa shape index (κ2) is 4.43. The highest BCUT2D eigenvalue weighted by Gasteiger charge is 2.64. The van der Waals surface area contributed by atoms with Crippen molar-refractivity contribution in [2.75, 3.05) is 0 Å². The molecule has 0 radical (unpaired) electrons. The van der Waals surface area contributed by atoms with Gasteiger partial charge in [-0.2, -0.15) is 5.26 Å². The first-order valence-electron chi connectivity index (χ1n) is 8.08. The summed E-state index contributed by atoms with van der Waals surface area (Å²) in [5, 5.41) is 19.7. The van der Waals surface area contributed by atoms with Gasteiger partial charge in [-0.25, -0.2) is 0 Å². The van der Waals surface area contributed by atoms with Gasteiger partial charge in [0.25, 0.3) is 0 Å². The molecule has 6 atom stereocenters. The Morgan fingerprint density at radius 2 is 2.19 bits per heavy atom. The molecule has 21 heavy (non-hydrogen) atoms. The Hall–Kier alpha value is -1.14. The van der Waals surface area contributed by atoms with Crippen LogP contribution in [0.3, 0.4) is 0 Å². The topological polar surface area (TPSA) is 61.1 Å². The Morgan fingerprint density at radius 3 is 2.86 bits per heavy atom. The van der Waals surface area contributed by atoms with E-state index < -0.39 is 11.0 Å². The van der Waals surface area contributed by atoms with Gasteiger partial charge in [0.15, 0.2) is 5.78 Å². The number of nitriles is 1. The number of hydrogen-bond acceptors (Lipinski definition) is 3. The maximum Gasteiger partial charge on any atom is 0.161 e. The smallest absolute Gasteiger partial charge is 0.161 e. The third-order valence-electron chi connectivity index (χ3n) is 6.61. The summed E-state index contributed by atoms with van der Waals surface area (Å²) in [7, 11) is 0. The molecule has 3 aliphatic carbocycles. The molecule has 3 nitrogen and oxygen atoms in total. The molecule has 0 saturated heterocycles. The number of fused-ring (bicyclic) bond motifs is 1. The zero-order valence-electron chi connectivity index (χ0n) is 13.2. The molecule has 2 fully saturated rings. The molecule has 0 heterocycles. The SMILES string of the molecule is CC1CC2CC3(C=CC(=O)[C@@](C)(CCC#N)C13)CC2(C)O. The van der Waals surface area contributed by atoms with Gasteiger partial charge in [-0.1, -0.05) is 19.9 Å². The van der Waals surface area contributed by atoms with E-state index >= 15 is 0 Å². The van der Waals surface area contributed by atoms with Gasteiger partial charge in [0, 0.05) is 11.8 Å². The van der Waals surface area contributed by atoms with Crippen LogP contribution in [0.1, 0.15) is 52.9 Å². The van der Waals surface area contributed by atoms with Crippen molar-refractivity contribution in [3.63, 3.8) is 0 Å². The van der Waals surface area contributed by atoms with Crippen molar-refractivity contribution in [1.82, 2.24) is 0 Å². The largest absolute Gasteiger partial charge is 0.390 e. The average molecular weight is 287 g/mol. The van der Waals surface area contributed by atoms with Gasteiger partial charge in [0.2, 0.25) is 0 Å². The van der Waals surface area contributed by atoms with E-state index in [1.165, 1.54) is 0 Å². The molecule has 0 aromatic carbocycles. The number of rotatable bonds is 2. The van der Waals surface area contributed by atoms with Crippen LogP contribution in [0.5, 0.6) is 0 Å². The highest BCUT2D eigenvalue weighted by Crippen LogP contribution is 2.67. The van der Waals surface area contributed by atoms with E-state index in [-0.39, 0.29) is 17.1 Å². The molecule has 1 spiro atoms. The summed E-state index contributed by atoms with van der Waals surface area (Å²) < 4.78 is 0. The molecule has 2 bridgehead atoms. The van der Waals surface area contributed by atoms with E-state index in [2.05, 4.69) is 19.1 Å². The van der Waals surface area contributed by atoms with Crippen molar-refractivity contribution in [1.29, 1.82) is 5.26 Å². The minimum atomic E-state index is -0.621. The molecular formula is C18H25NO2. The van der Waals surface area contributed by atoms with Gasteiger partial charge in [0.1, 0.15) is 0 Å².